The molecule has 0 aliphatic rings. The van der Waals surface area contributed by atoms with Gasteiger partial charge in [-0.15, -0.1) is 0 Å². The molecule has 0 aliphatic carbocycles. The molecule has 3 rings (SSSR count). The van der Waals surface area contributed by atoms with Crippen molar-refractivity contribution in [3.05, 3.63) is 97.3 Å². The number of hydrogen-bond donors (Lipinski definition) is 1. The van der Waals surface area contributed by atoms with E-state index < -0.39 is 28.2 Å². The van der Waals surface area contributed by atoms with E-state index in [-0.39, 0.29) is 36.7 Å². The van der Waals surface area contributed by atoms with Crippen LogP contribution in [0.5, 0.6) is 0 Å². The summed E-state index contributed by atoms with van der Waals surface area (Å²) in [6, 6.07) is 12.9. The fraction of sp³-hybridized carbons (Fsp3) is 0.227. The highest BCUT2D eigenvalue weighted by Gasteiger charge is 2.18. The number of carbonyl (C=O) groups excluding carboxylic acids is 1. The molecule has 1 aromatic heterocycles. The molecule has 0 saturated carbocycles. The van der Waals surface area contributed by atoms with Gasteiger partial charge in [-0.2, -0.15) is 0 Å². The van der Waals surface area contributed by atoms with Crippen molar-refractivity contribution < 1.29 is 18.3 Å². The lowest BCUT2D eigenvalue weighted by molar-refractivity contribution is 0.0947. The van der Waals surface area contributed by atoms with Gasteiger partial charge in [0.05, 0.1) is 18.8 Å². The molecule has 1 amide bonds. The molecular weight excluding hydrogens is 470 g/mol. The van der Waals surface area contributed by atoms with Crippen molar-refractivity contribution >= 4 is 28.6 Å². The molecule has 9 nitrogen and oxygen atoms in total. The van der Waals surface area contributed by atoms with Crippen LogP contribution >= 0.6 is 11.6 Å². The first-order valence-corrected chi connectivity index (χ1v) is 11.5. The van der Waals surface area contributed by atoms with Crippen molar-refractivity contribution in [2.75, 3.05) is 13.7 Å². The van der Waals surface area contributed by atoms with Crippen molar-refractivity contribution in [2.24, 2.45) is 0 Å². The third-order valence-corrected chi connectivity index (χ3v) is 5.57. The van der Waals surface area contributed by atoms with Crippen molar-refractivity contribution in [3.63, 3.8) is 0 Å². The maximum atomic E-state index is 13.1. The highest BCUT2D eigenvalue weighted by atomic mass is 35.5. The van der Waals surface area contributed by atoms with E-state index in [0.29, 0.717) is 16.1 Å². The maximum Gasteiger partial charge on any atom is 0.335 e. The lowest BCUT2D eigenvalue weighted by Gasteiger charge is -2.13. The number of methoxy groups -OCH3 is 1. The molecule has 0 fully saturated rings. The Morgan fingerprint density at radius 3 is 2.48 bits per heavy atom. The van der Waals surface area contributed by atoms with Crippen LogP contribution in [0.1, 0.15) is 21.5 Å². The summed E-state index contributed by atoms with van der Waals surface area (Å²) >= 11 is 3.83. The van der Waals surface area contributed by atoms with E-state index in [1.165, 1.54) is 23.9 Å². The van der Waals surface area contributed by atoms with E-state index in [1.807, 2.05) is 0 Å². The topological polar surface area (TPSA) is 122 Å². The summed E-state index contributed by atoms with van der Waals surface area (Å²) in [5.41, 5.74) is -0.0441. The second kappa shape index (κ2) is 11.2. The number of ether oxygens (including phenoxy) is 1. The normalized spacial score (nSPS) is 11.8. The quantitative estimate of drug-likeness (QED) is 0.455. The zero-order valence-corrected chi connectivity index (χ0v) is 19.2. The molecule has 0 aliphatic heterocycles. The number of rotatable bonds is 9. The number of nitrogens with one attached hydrogen (secondary N) is 1. The fourth-order valence-corrected chi connectivity index (χ4v) is 3.77. The first-order chi connectivity index (χ1) is 15.8. The molecule has 0 saturated heterocycles. The third-order valence-electron chi connectivity index (χ3n) is 4.76. The zero-order valence-electron chi connectivity index (χ0n) is 17.7. The molecule has 3 aromatic rings. The Bertz CT molecular complexity index is 1290. The molecule has 1 atom stereocenters. The van der Waals surface area contributed by atoms with Gasteiger partial charge in [0.1, 0.15) is 5.56 Å². The van der Waals surface area contributed by atoms with Crippen LogP contribution in [-0.2, 0) is 34.7 Å². The van der Waals surface area contributed by atoms with Gasteiger partial charge in [-0.3, -0.25) is 18.4 Å². The molecule has 1 unspecified atom stereocenters. The van der Waals surface area contributed by atoms with Gasteiger partial charge >= 0.3 is 5.69 Å². The number of benzene rings is 2. The predicted molar refractivity (Wildman–Crippen MR) is 123 cm³/mol. The minimum Gasteiger partial charge on any atom is -0.772 e. The average molecular weight is 491 g/mol. The van der Waals surface area contributed by atoms with Gasteiger partial charge in [-0.25, -0.2) is 9.36 Å². The molecule has 0 bridgehead atoms. The smallest absolute Gasteiger partial charge is 0.335 e. The predicted octanol–water partition coefficient (Wildman–Crippen LogP) is 1.61. The summed E-state index contributed by atoms with van der Waals surface area (Å²) in [7, 11) is 1.48. The first kappa shape index (κ1) is 24.6. The summed E-state index contributed by atoms with van der Waals surface area (Å²) in [4.78, 5) is 38.9. The lowest BCUT2D eigenvalue weighted by atomic mass is 10.1. The number of halogens is 1. The SMILES string of the molecule is COCCn1cc(C(=O)NCc2ccc(CS(=O)[O-])cc2)c(=O)n(-c2cccc(Cl)c2)c1=O. The summed E-state index contributed by atoms with van der Waals surface area (Å²) in [6.45, 7) is 0.446. The van der Waals surface area contributed by atoms with Crippen molar-refractivity contribution in [1.29, 1.82) is 0 Å². The lowest BCUT2D eigenvalue weighted by Crippen LogP contribution is -2.43. The van der Waals surface area contributed by atoms with Crippen LogP contribution in [0.15, 0.2) is 64.3 Å². The van der Waals surface area contributed by atoms with Gasteiger partial charge < -0.3 is 14.6 Å². The van der Waals surface area contributed by atoms with Crippen molar-refractivity contribution in [2.45, 2.75) is 18.8 Å². The molecule has 1 N–H and O–H groups in total. The Labute approximate surface area is 196 Å². The van der Waals surface area contributed by atoms with Gasteiger partial charge in [0.25, 0.3) is 11.5 Å². The molecule has 1 heterocycles. The van der Waals surface area contributed by atoms with Gasteiger partial charge in [0.2, 0.25) is 0 Å². The Morgan fingerprint density at radius 2 is 1.85 bits per heavy atom. The number of hydrogen-bond acceptors (Lipinski definition) is 6. The van der Waals surface area contributed by atoms with Crippen molar-refractivity contribution in [3.8, 4) is 5.69 Å². The third kappa shape index (κ3) is 6.26. The second-order valence-electron chi connectivity index (χ2n) is 7.08. The molecule has 0 radical (unpaired) electrons. The fourth-order valence-electron chi connectivity index (χ4n) is 3.12. The van der Waals surface area contributed by atoms with Gasteiger partial charge in [-0.05, 0) is 29.3 Å². The summed E-state index contributed by atoms with van der Waals surface area (Å²) < 4.78 is 28.8. The van der Waals surface area contributed by atoms with Gasteiger partial charge in [0.15, 0.2) is 0 Å². The van der Waals surface area contributed by atoms with Crippen LogP contribution < -0.4 is 16.6 Å². The highest BCUT2D eigenvalue weighted by Crippen LogP contribution is 2.12. The summed E-state index contributed by atoms with van der Waals surface area (Å²) in [6.07, 6.45) is 1.22. The molecule has 174 valence electrons. The Kier molecular flexibility index (Phi) is 8.34. The van der Waals surface area contributed by atoms with Crippen LogP contribution in [0.4, 0.5) is 0 Å². The molecule has 2 aromatic carbocycles. The summed E-state index contributed by atoms with van der Waals surface area (Å²) in [5, 5.41) is 3.00. The standard InChI is InChI=1S/C22H22ClN3O6S/c1-32-10-9-25-13-19(21(28)26(22(25)29)18-4-2-3-17(23)11-18)20(27)24-12-15-5-7-16(8-6-15)14-33(30)31/h2-8,11,13H,9-10,12,14H2,1H3,(H,24,27)(H,30,31)/p-1. The van der Waals surface area contributed by atoms with E-state index in [1.54, 1.807) is 42.5 Å². The maximum absolute atomic E-state index is 13.1. The van der Waals surface area contributed by atoms with E-state index >= 15 is 0 Å². The van der Waals surface area contributed by atoms with Gasteiger partial charge in [0, 0.05) is 30.6 Å². The number of aromatic nitrogens is 2. The van der Waals surface area contributed by atoms with Crippen LogP contribution in [-0.4, -0.2) is 37.5 Å². The van der Waals surface area contributed by atoms with Crippen molar-refractivity contribution in [1.82, 2.24) is 14.5 Å². The minimum atomic E-state index is -2.19. The molecule has 0 spiro atoms. The minimum absolute atomic E-state index is 0.0985. The highest BCUT2D eigenvalue weighted by molar-refractivity contribution is 7.78. The largest absolute Gasteiger partial charge is 0.772 e. The van der Waals surface area contributed by atoms with E-state index in [2.05, 4.69) is 5.32 Å². The Hall–Kier alpha value is -3.05. The van der Waals surface area contributed by atoms with Crippen LogP contribution in [0.25, 0.3) is 5.69 Å². The average Bonchev–Trinajstić information content (AvgIpc) is 2.78. The van der Waals surface area contributed by atoms with Gasteiger partial charge in [-0.1, -0.05) is 53.0 Å². The Morgan fingerprint density at radius 1 is 1.15 bits per heavy atom. The molecule has 11 heteroatoms. The van der Waals surface area contributed by atoms with Crippen LogP contribution in [0.2, 0.25) is 5.02 Å². The van der Waals surface area contributed by atoms with E-state index in [4.69, 9.17) is 16.3 Å². The molecule has 33 heavy (non-hydrogen) atoms. The number of carbonyl (C=O) groups is 1. The zero-order chi connectivity index (χ0) is 24.0. The number of nitrogens with zero attached hydrogens (tertiary/aromatic N) is 2. The Balaban J connectivity index is 1.91. The second-order valence-corrected chi connectivity index (χ2v) is 8.41. The van der Waals surface area contributed by atoms with Crippen LogP contribution in [0, 0.1) is 0 Å². The van der Waals surface area contributed by atoms with E-state index in [0.717, 1.165) is 4.57 Å². The number of amides is 1. The molecular formula is C22H21ClN3O6S-. The van der Waals surface area contributed by atoms with E-state index in [9.17, 15) is 23.1 Å². The van der Waals surface area contributed by atoms with Crippen LogP contribution in [0.3, 0.4) is 0 Å². The first-order valence-electron chi connectivity index (χ1n) is 9.83. The summed E-state index contributed by atoms with van der Waals surface area (Å²) in [5.74, 6) is -0.759. The monoisotopic (exact) mass is 490 g/mol.